The van der Waals surface area contributed by atoms with Gasteiger partial charge in [0.15, 0.2) is 0 Å². The Balaban J connectivity index is 4.99. The first-order valence-corrected chi connectivity index (χ1v) is 6.71. The Hall–Kier alpha value is -1.57. The van der Waals surface area contributed by atoms with Crippen LogP contribution in [-0.4, -0.2) is 49.3 Å². The predicted molar refractivity (Wildman–Crippen MR) is 74.2 cm³/mol. The molecule has 2 amide bonds. The molecule has 0 N–H and O–H groups in total. The summed E-state index contributed by atoms with van der Waals surface area (Å²) in [6, 6.07) is 2.18. The molecular weight excluding hydrogens is 242 g/mol. The fourth-order valence-corrected chi connectivity index (χ4v) is 2.13. The molecule has 5 heteroatoms. The number of rotatable bonds is 7. The first-order chi connectivity index (χ1) is 8.84. The Morgan fingerprint density at radius 1 is 1.11 bits per heavy atom. The van der Waals surface area contributed by atoms with Crippen molar-refractivity contribution in [2.45, 2.75) is 39.5 Å². The quantitative estimate of drug-likeness (QED) is 0.704. The van der Waals surface area contributed by atoms with Crippen LogP contribution in [0.2, 0.25) is 0 Å². The highest BCUT2D eigenvalue weighted by molar-refractivity contribution is 5.89. The monoisotopic (exact) mass is 267 g/mol. The van der Waals surface area contributed by atoms with E-state index in [4.69, 9.17) is 0 Å². The molecule has 0 aliphatic rings. The van der Waals surface area contributed by atoms with Gasteiger partial charge < -0.3 is 9.80 Å². The van der Waals surface area contributed by atoms with Crippen molar-refractivity contribution in [1.82, 2.24) is 9.80 Å². The third-order valence-electron chi connectivity index (χ3n) is 3.19. The van der Waals surface area contributed by atoms with E-state index in [0.717, 1.165) is 12.8 Å². The van der Waals surface area contributed by atoms with Gasteiger partial charge in [-0.25, -0.2) is 0 Å². The second-order valence-electron chi connectivity index (χ2n) is 5.14. The molecule has 0 spiro atoms. The Kier molecular flexibility index (Phi) is 7.13. The predicted octanol–water partition coefficient (Wildman–Crippen LogP) is 1.64. The minimum Gasteiger partial charge on any atom is -0.347 e. The zero-order valence-corrected chi connectivity index (χ0v) is 12.7. The summed E-state index contributed by atoms with van der Waals surface area (Å²) >= 11 is 0. The van der Waals surface area contributed by atoms with E-state index in [2.05, 4.69) is 6.07 Å². The van der Waals surface area contributed by atoms with Gasteiger partial charge in [0.2, 0.25) is 11.8 Å². The van der Waals surface area contributed by atoms with Gasteiger partial charge in [-0.3, -0.25) is 9.59 Å². The van der Waals surface area contributed by atoms with Crippen LogP contribution in [0.15, 0.2) is 0 Å². The van der Waals surface area contributed by atoms with Crippen molar-refractivity contribution in [1.29, 1.82) is 5.26 Å². The molecule has 0 aromatic heterocycles. The molecule has 0 fully saturated rings. The van der Waals surface area contributed by atoms with Crippen molar-refractivity contribution in [3.8, 4) is 6.07 Å². The molecule has 0 aliphatic carbocycles. The van der Waals surface area contributed by atoms with Crippen LogP contribution in [0.4, 0.5) is 0 Å². The highest BCUT2D eigenvalue weighted by atomic mass is 16.2. The van der Waals surface area contributed by atoms with Gasteiger partial charge in [0.05, 0.1) is 12.6 Å². The smallest absolute Gasteiger partial charge is 0.243 e. The largest absolute Gasteiger partial charge is 0.347 e. The number of hydrogen-bond acceptors (Lipinski definition) is 3. The van der Waals surface area contributed by atoms with Crippen LogP contribution in [0.1, 0.15) is 39.5 Å². The van der Waals surface area contributed by atoms with E-state index in [1.165, 1.54) is 9.80 Å². The van der Waals surface area contributed by atoms with Crippen molar-refractivity contribution in [2.24, 2.45) is 5.41 Å². The van der Waals surface area contributed by atoms with E-state index < -0.39 is 5.41 Å². The van der Waals surface area contributed by atoms with E-state index in [9.17, 15) is 14.9 Å². The molecule has 0 saturated heterocycles. The lowest BCUT2D eigenvalue weighted by Gasteiger charge is -2.30. The number of amides is 2. The summed E-state index contributed by atoms with van der Waals surface area (Å²) in [5.74, 6) is -0.385. The SMILES string of the molecule is CCCC(C#N)(CCC)C(=O)N(C)CC(=O)N(C)C. The molecule has 0 aromatic rings. The van der Waals surface area contributed by atoms with Crippen LogP contribution in [0, 0.1) is 16.7 Å². The van der Waals surface area contributed by atoms with Gasteiger partial charge in [0.1, 0.15) is 5.41 Å². The maximum Gasteiger partial charge on any atom is 0.243 e. The minimum atomic E-state index is -0.981. The summed E-state index contributed by atoms with van der Waals surface area (Å²) in [7, 11) is 4.88. The van der Waals surface area contributed by atoms with Gasteiger partial charge in [-0.05, 0) is 12.8 Å². The Morgan fingerprint density at radius 2 is 1.58 bits per heavy atom. The van der Waals surface area contributed by atoms with Crippen molar-refractivity contribution in [3.63, 3.8) is 0 Å². The second-order valence-corrected chi connectivity index (χ2v) is 5.14. The minimum absolute atomic E-state index is 0.0166. The van der Waals surface area contributed by atoms with Gasteiger partial charge in [-0.2, -0.15) is 5.26 Å². The van der Waals surface area contributed by atoms with Crippen LogP contribution >= 0.6 is 0 Å². The normalized spacial score (nSPS) is 10.7. The zero-order valence-electron chi connectivity index (χ0n) is 12.7. The van der Waals surface area contributed by atoms with Crippen LogP contribution < -0.4 is 0 Å². The fraction of sp³-hybridized carbons (Fsp3) is 0.786. The van der Waals surface area contributed by atoms with Crippen molar-refractivity contribution in [3.05, 3.63) is 0 Å². The third-order valence-corrected chi connectivity index (χ3v) is 3.19. The first-order valence-electron chi connectivity index (χ1n) is 6.71. The molecule has 5 nitrogen and oxygen atoms in total. The maximum absolute atomic E-state index is 12.5. The number of carbonyl (C=O) groups is 2. The molecule has 0 bridgehead atoms. The summed E-state index contributed by atoms with van der Waals surface area (Å²) < 4.78 is 0. The molecule has 0 atom stereocenters. The van der Waals surface area contributed by atoms with Gasteiger partial charge in [-0.15, -0.1) is 0 Å². The van der Waals surface area contributed by atoms with Crippen molar-refractivity contribution in [2.75, 3.05) is 27.7 Å². The lowest BCUT2D eigenvalue weighted by Crippen LogP contribution is -2.45. The Bertz CT molecular complexity index is 352. The average molecular weight is 267 g/mol. The molecule has 0 aliphatic heterocycles. The zero-order chi connectivity index (χ0) is 15.1. The topological polar surface area (TPSA) is 64.4 Å². The highest BCUT2D eigenvalue weighted by Crippen LogP contribution is 2.31. The lowest BCUT2D eigenvalue weighted by molar-refractivity contribution is -0.143. The molecule has 0 radical (unpaired) electrons. The van der Waals surface area contributed by atoms with Crippen LogP contribution in [-0.2, 0) is 9.59 Å². The van der Waals surface area contributed by atoms with E-state index in [0.29, 0.717) is 12.8 Å². The average Bonchev–Trinajstić information content (AvgIpc) is 2.37. The van der Waals surface area contributed by atoms with E-state index in [1.54, 1.807) is 21.1 Å². The molecule has 0 unspecified atom stereocenters. The summed E-state index contributed by atoms with van der Waals surface area (Å²) in [4.78, 5) is 26.9. The molecule has 0 heterocycles. The summed E-state index contributed by atoms with van der Waals surface area (Å²) in [6.45, 7) is 3.93. The standard InChI is InChI=1S/C14H25N3O2/c1-6-8-14(11-15,9-7-2)13(19)17(5)10-12(18)16(3)4/h6-10H2,1-5H3. The number of hydrogen-bond donors (Lipinski definition) is 0. The third kappa shape index (κ3) is 4.55. The van der Waals surface area contributed by atoms with E-state index >= 15 is 0 Å². The lowest BCUT2D eigenvalue weighted by atomic mass is 9.79. The molecule has 0 rings (SSSR count). The summed E-state index contributed by atoms with van der Waals surface area (Å²) in [5.41, 5.74) is -0.981. The number of nitrogens with zero attached hydrogens (tertiary/aromatic N) is 3. The molecule has 0 aromatic carbocycles. The van der Waals surface area contributed by atoms with Crippen LogP contribution in [0.25, 0.3) is 0 Å². The van der Waals surface area contributed by atoms with Crippen LogP contribution in [0.3, 0.4) is 0 Å². The van der Waals surface area contributed by atoms with Crippen LogP contribution in [0.5, 0.6) is 0 Å². The molecule has 19 heavy (non-hydrogen) atoms. The number of carbonyl (C=O) groups excluding carboxylic acids is 2. The fourth-order valence-electron chi connectivity index (χ4n) is 2.13. The summed E-state index contributed by atoms with van der Waals surface area (Å²) in [6.07, 6.45) is 2.62. The van der Waals surface area contributed by atoms with E-state index in [-0.39, 0.29) is 18.4 Å². The Labute approximate surface area is 116 Å². The van der Waals surface area contributed by atoms with Gasteiger partial charge >= 0.3 is 0 Å². The van der Waals surface area contributed by atoms with Crippen molar-refractivity contribution < 1.29 is 9.59 Å². The first kappa shape index (κ1) is 17.4. The second kappa shape index (κ2) is 7.78. The molecular formula is C14H25N3O2. The number of likely N-dealkylation sites (N-methyl/N-ethyl adjacent to an activating group) is 2. The van der Waals surface area contributed by atoms with Crippen molar-refractivity contribution >= 4 is 11.8 Å². The molecule has 108 valence electrons. The number of nitriles is 1. The van der Waals surface area contributed by atoms with Gasteiger partial charge in [-0.1, -0.05) is 26.7 Å². The van der Waals surface area contributed by atoms with Gasteiger partial charge in [0.25, 0.3) is 0 Å². The maximum atomic E-state index is 12.5. The summed E-state index contributed by atoms with van der Waals surface area (Å²) in [5, 5.41) is 9.41. The highest BCUT2D eigenvalue weighted by Gasteiger charge is 2.39. The molecule has 0 saturated carbocycles. The van der Waals surface area contributed by atoms with E-state index in [1.807, 2.05) is 13.8 Å². The van der Waals surface area contributed by atoms with Gasteiger partial charge in [0, 0.05) is 21.1 Å². The Morgan fingerprint density at radius 3 is 1.89 bits per heavy atom.